The predicted molar refractivity (Wildman–Crippen MR) is 97.7 cm³/mol. The molecule has 1 aliphatic carbocycles. The van der Waals surface area contributed by atoms with Crippen LogP contribution >= 0.6 is 0 Å². The molecule has 24 heavy (non-hydrogen) atoms. The van der Waals surface area contributed by atoms with Gasteiger partial charge >= 0.3 is 11.9 Å². The van der Waals surface area contributed by atoms with Crippen molar-refractivity contribution >= 4 is 11.9 Å². The van der Waals surface area contributed by atoms with E-state index in [0.29, 0.717) is 12.3 Å². The molecule has 1 aliphatic rings. The van der Waals surface area contributed by atoms with E-state index in [-0.39, 0.29) is 12.6 Å². The van der Waals surface area contributed by atoms with Crippen LogP contribution in [0.2, 0.25) is 0 Å². The van der Waals surface area contributed by atoms with Gasteiger partial charge < -0.3 is 9.47 Å². The molecule has 0 saturated heterocycles. The lowest BCUT2D eigenvalue weighted by Crippen LogP contribution is -2.41. The summed E-state index contributed by atoms with van der Waals surface area (Å²) in [6.07, 6.45) is 7.37. The number of carbonyl (C=O) groups excluding carboxylic acids is 2. The summed E-state index contributed by atoms with van der Waals surface area (Å²) in [5.41, 5.74) is -0.998. The lowest BCUT2D eigenvalue weighted by molar-refractivity contribution is -0.178. The van der Waals surface area contributed by atoms with E-state index in [1.807, 2.05) is 48.5 Å². The van der Waals surface area contributed by atoms with Crippen molar-refractivity contribution in [2.75, 3.05) is 6.61 Å². The Bertz CT molecular complexity index is 383. The minimum absolute atomic E-state index is 0.287. The summed E-state index contributed by atoms with van der Waals surface area (Å²) in [5, 5.41) is 0. The van der Waals surface area contributed by atoms with Gasteiger partial charge in [0.25, 0.3) is 0 Å². The Morgan fingerprint density at radius 2 is 1.50 bits per heavy atom. The monoisotopic (exact) mass is 342 g/mol. The van der Waals surface area contributed by atoms with E-state index >= 15 is 0 Å². The van der Waals surface area contributed by atoms with Gasteiger partial charge in [0.2, 0.25) is 0 Å². The molecule has 0 bridgehead atoms. The van der Waals surface area contributed by atoms with Crippen LogP contribution in [0.25, 0.3) is 0 Å². The Balaban J connectivity index is 0.00000254. The Hall–Kier alpha value is -1.06. The second-order valence-corrected chi connectivity index (χ2v) is 7.29. The molecule has 0 spiro atoms. The summed E-state index contributed by atoms with van der Waals surface area (Å²) < 4.78 is 10.8. The molecule has 4 nitrogen and oxygen atoms in total. The highest BCUT2D eigenvalue weighted by atomic mass is 16.6. The highest BCUT2D eigenvalue weighted by Crippen LogP contribution is 2.37. The maximum absolute atomic E-state index is 12.1. The van der Waals surface area contributed by atoms with Crippen molar-refractivity contribution in [3.63, 3.8) is 0 Å². The van der Waals surface area contributed by atoms with Gasteiger partial charge in [0, 0.05) is 0 Å². The molecule has 0 aromatic heterocycles. The van der Waals surface area contributed by atoms with Crippen LogP contribution in [-0.4, -0.2) is 24.1 Å². The second-order valence-electron chi connectivity index (χ2n) is 7.29. The molecule has 0 aliphatic heterocycles. The molecule has 1 rings (SSSR count). The molecular formula is C20H38O4. The van der Waals surface area contributed by atoms with Crippen LogP contribution < -0.4 is 0 Å². The molecule has 0 radical (unpaired) electrons. The number of esters is 2. The Morgan fingerprint density at radius 3 is 1.96 bits per heavy atom. The average molecular weight is 343 g/mol. The fourth-order valence-electron chi connectivity index (χ4n) is 2.91. The van der Waals surface area contributed by atoms with Crippen LogP contribution in [0.1, 0.15) is 93.4 Å². The van der Waals surface area contributed by atoms with Gasteiger partial charge in [-0.15, -0.1) is 0 Å². The smallest absolute Gasteiger partial charge is 0.344 e. The second kappa shape index (κ2) is 10.7. The highest BCUT2D eigenvalue weighted by Gasteiger charge is 2.37. The molecule has 0 aromatic rings. The highest BCUT2D eigenvalue weighted by molar-refractivity contribution is 5.79. The average Bonchev–Trinajstić information content (AvgIpc) is 2.61. The molecule has 0 aromatic carbocycles. The number of carbonyl (C=O) groups is 2. The van der Waals surface area contributed by atoms with Crippen molar-refractivity contribution in [1.29, 1.82) is 0 Å². The standard InChI is InChI=1S/C18H32O4.C2H6/c1-6-17(3,4)16(20)21-13-15(19)22-18(5,7-2)14-11-9-8-10-12-14;1-2/h14H,6-13H2,1-5H3;1-2H3. The fourth-order valence-corrected chi connectivity index (χ4v) is 2.91. The third-order valence-electron chi connectivity index (χ3n) is 5.28. The van der Waals surface area contributed by atoms with Crippen molar-refractivity contribution in [3.05, 3.63) is 0 Å². The SMILES string of the molecule is CC.CCC(C)(C)C(=O)OCC(=O)OC(C)(CC)C1CCCCC1. The van der Waals surface area contributed by atoms with E-state index in [1.165, 1.54) is 19.3 Å². The van der Waals surface area contributed by atoms with Gasteiger partial charge in [-0.1, -0.05) is 47.0 Å². The topological polar surface area (TPSA) is 52.6 Å². The molecule has 142 valence electrons. The Morgan fingerprint density at radius 1 is 0.958 bits per heavy atom. The minimum Gasteiger partial charge on any atom is -0.457 e. The largest absolute Gasteiger partial charge is 0.457 e. The first kappa shape index (κ1) is 22.9. The first-order valence-corrected chi connectivity index (χ1v) is 9.64. The first-order valence-electron chi connectivity index (χ1n) is 9.64. The third kappa shape index (κ3) is 6.82. The number of hydrogen-bond acceptors (Lipinski definition) is 4. The quantitative estimate of drug-likeness (QED) is 0.590. The summed E-state index contributed by atoms with van der Waals surface area (Å²) in [4.78, 5) is 24.0. The molecule has 1 atom stereocenters. The van der Waals surface area contributed by atoms with Crippen LogP contribution in [0.3, 0.4) is 0 Å². The molecule has 4 heteroatoms. The molecule has 1 unspecified atom stereocenters. The van der Waals surface area contributed by atoms with Crippen molar-refractivity contribution in [2.24, 2.45) is 11.3 Å². The van der Waals surface area contributed by atoms with Crippen LogP contribution in [-0.2, 0) is 19.1 Å². The van der Waals surface area contributed by atoms with Crippen LogP contribution in [0.4, 0.5) is 0 Å². The minimum atomic E-state index is -0.558. The zero-order valence-electron chi connectivity index (χ0n) is 16.9. The van der Waals surface area contributed by atoms with Crippen LogP contribution in [0.5, 0.6) is 0 Å². The van der Waals surface area contributed by atoms with Gasteiger partial charge in [-0.3, -0.25) is 4.79 Å². The Labute approximate surface area is 148 Å². The molecule has 0 amide bonds. The fraction of sp³-hybridized carbons (Fsp3) is 0.900. The van der Waals surface area contributed by atoms with Gasteiger partial charge in [0.1, 0.15) is 5.60 Å². The molecule has 0 heterocycles. The van der Waals surface area contributed by atoms with Gasteiger partial charge in [-0.25, -0.2) is 4.79 Å². The van der Waals surface area contributed by atoms with Crippen LogP contribution in [0.15, 0.2) is 0 Å². The zero-order valence-corrected chi connectivity index (χ0v) is 16.9. The van der Waals surface area contributed by atoms with E-state index in [4.69, 9.17) is 9.47 Å². The summed E-state index contributed by atoms with van der Waals surface area (Å²) in [6, 6.07) is 0. The summed E-state index contributed by atoms with van der Waals surface area (Å²) in [7, 11) is 0. The Kier molecular flexibility index (Phi) is 10.3. The molecule has 1 fully saturated rings. The predicted octanol–water partition coefficient (Wildman–Crippen LogP) is 5.28. The number of hydrogen-bond donors (Lipinski definition) is 0. The normalized spacial score (nSPS) is 18.0. The lowest BCUT2D eigenvalue weighted by Gasteiger charge is -2.38. The zero-order chi connectivity index (χ0) is 18.8. The van der Waals surface area contributed by atoms with Gasteiger partial charge in [0.15, 0.2) is 6.61 Å². The van der Waals surface area contributed by atoms with E-state index in [1.54, 1.807) is 0 Å². The number of ether oxygens (including phenoxy) is 2. The van der Waals surface area contributed by atoms with Crippen molar-refractivity contribution < 1.29 is 19.1 Å². The van der Waals surface area contributed by atoms with Gasteiger partial charge in [-0.2, -0.15) is 0 Å². The van der Waals surface area contributed by atoms with Gasteiger partial charge in [-0.05, 0) is 52.4 Å². The first-order chi connectivity index (χ1) is 11.2. The third-order valence-corrected chi connectivity index (χ3v) is 5.28. The van der Waals surface area contributed by atoms with Crippen LogP contribution in [0, 0.1) is 11.3 Å². The molecule has 1 saturated carbocycles. The van der Waals surface area contributed by atoms with E-state index < -0.39 is 17.0 Å². The van der Waals surface area contributed by atoms with E-state index in [2.05, 4.69) is 0 Å². The summed E-state index contributed by atoms with van der Waals surface area (Å²) >= 11 is 0. The maximum atomic E-state index is 12.1. The van der Waals surface area contributed by atoms with E-state index in [9.17, 15) is 9.59 Å². The van der Waals surface area contributed by atoms with E-state index in [0.717, 1.165) is 19.3 Å². The summed E-state index contributed by atoms with van der Waals surface area (Å²) in [6.45, 7) is 13.3. The van der Waals surface area contributed by atoms with Gasteiger partial charge in [0.05, 0.1) is 5.41 Å². The summed E-state index contributed by atoms with van der Waals surface area (Å²) in [5.74, 6) is -0.365. The van der Waals surface area contributed by atoms with Crippen molar-refractivity contribution in [3.8, 4) is 0 Å². The number of rotatable bonds is 7. The maximum Gasteiger partial charge on any atom is 0.344 e. The lowest BCUT2D eigenvalue weighted by atomic mass is 9.76. The van der Waals surface area contributed by atoms with Crippen molar-refractivity contribution in [2.45, 2.75) is 99.0 Å². The van der Waals surface area contributed by atoms with Crippen molar-refractivity contribution in [1.82, 2.24) is 0 Å². The molecular weight excluding hydrogens is 304 g/mol. The molecule has 0 N–H and O–H groups in total.